The van der Waals surface area contributed by atoms with E-state index in [4.69, 9.17) is 16.0 Å². The topological polar surface area (TPSA) is 80.0 Å². The van der Waals surface area contributed by atoms with Crippen molar-refractivity contribution in [2.24, 2.45) is 0 Å². The van der Waals surface area contributed by atoms with E-state index in [0.717, 1.165) is 16.8 Å². The maximum absolute atomic E-state index is 11.1. The van der Waals surface area contributed by atoms with Gasteiger partial charge in [-0.3, -0.25) is 4.79 Å². The van der Waals surface area contributed by atoms with Crippen molar-refractivity contribution < 1.29 is 9.21 Å². The summed E-state index contributed by atoms with van der Waals surface area (Å²) in [6.07, 6.45) is 1.48. The van der Waals surface area contributed by atoms with Crippen LogP contribution in [-0.2, 0) is 4.79 Å². The number of benzene rings is 2. The molecule has 0 saturated carbocycles. The molecule has 0 atom stereocenters. The van der Waals surface area contributed by atoms with E-state index in [-0.39, 0.29) is 5.91 Å². The first-order valence-corrected chi connectivity index (χ1v) is 7.95. The molecule has 0 aliphatic carbocycles. The van der Waals surface area contributed by atoms with E-state index in [2.05, 4.69) is 20.6 Å². The van der Waals surface area contributed by atoms with Crippen molar-refractivity contribution in [2.45, 2.75) is 6.92 Å². The first-order valence-electron chi connectivity index (χ1n) is 7.57. The summed E-state index contributed by atoms with van der Waals surface area (Å²) in [6.45, 7) is 1.47. The number of anilines is 3. The molecule has 1 amide bonds. The number of hydrogen-bond donors (Lipinski definition) is 2. The molecule has 0 radical (unpaired) electrons. The summed E-state index contributed by atoms with van der Waals surface area (Å²) in [5, 5.41) is 7.40. The van der Waals surface area contributed by atoms with Crippen molar-refractivity contribution in [2.75, 3.05) is 10.6 Å². The molecule has 0 bridgehead atoms. The van der Waals surface area contributed by atoms with E-state index < -0.39 is 0 Å². The normalized spacial score (nSPS) is 11.0. The van der Waals surface area contributed by atoms with Crippen LogP contribution in [0.25, 0.3) is 22.1 Å². The largest absolute Gasteiger partial charge is 0.450 e. The quantitative estimate of drug-likeness (QED) is 0.557. The lowest BCUT2D eigenvalue weighted by Gasteiger charge is -2.07. The van der Waals surface area contributed by atoms with Gasteiger partial charge in [0.05, 0.1) is 0 Å². The zero-order valence-corrected chi connectivity index (χ0v) is 14.0. The van der Waals surface area contributed by atoms with Crippen LogP contribution in [0.4, 0.5) is 17.2 Å². The standard InChI is InChI=1S/C18H13ClN4O2/c1-10(24)22-12-3-5-13(6-4-12)23-18-17-16(20-9-21-18)14-8-11(19)2-7-15(14)25-17/h2-9H,1H3,(H,22,24)(H,20,21,23). The first-order chi connectivity index (χ1) is 12.1. The zero-order chi connectivity index (χ0) is 17.4. The molecule has 0 spiro atoms. The lowest BCUT2D eigenvalue weighted by molar-refractivity contribution is -0.114. The Morgan fingerprint density at radius 1 is 1.08 bits per heavy atom. The van der Waals surface area contributed by atoms with Gasteiger partial charge < -0.3 is 15.1 Å². The van der Waals surface area contributed by atoms with Crippen LogP contribution in [-0.4, -0.2) is 15.9 Å². The molecule has 4 aromatic rings. The molecule has 2 heterocycles. The van der Waals surface area contributed by atoms with E-state index >= 15 is 0 Å². The number of carbonyl (C=O) groups excluding carboxylic acids is 1. The van der Waals surface area contributed by atoms with Gasteiger partial charge in [0.2, 0.25) is 5.91 Å². The molecule has 0 unspecified atom stereocenters. The Morgan fingerprint density at radius 2 is 1.84 bits per heavy atom. The molecular weight excluding hydrogens is 340 g/mol. The van der Waals surface area contributed by atoms with Crippen LogP contribution in [0.2, 0.25) is 5.02 Å². The minimum Gasteiger partial charge on any atom is -0.450 e. The van der Waals surface area contributed by atoms with Crippen molar-refractivity contribution in [1.82, 2.24) is 9.97 Å². The van der Waals surface area contributed by atoms with Gasteiger partial charge in [-0.05, 0) is 42.5 Å². The molecule has 2 aromatic carbocycles. The van der Waals surface area contributed by atoms with Gasteiger partial charge in [0.15, 0.2) is 11.4 Å². The molecule has 6 nitrogen and oxygen atoms in total. The first kappa shape index (κ1) is 15.4. The Hall–Kier alpha value is -3.12. The summed E-state index contributed by atoms with van der Waals surface area (Å²) in [5.41, 5.74) is 3.50. The van der Waals surface area contributed by atoms with E-state index in [1.165, 1.54) is 13.3 Å². The predicted octanol–water partition coefficient (Wildman–Crippen LogP) is 4.73. The highest BCUT2D eigenvalue weighted by molar-refractivity contribution is 6.31. The van der Waals surface area contributed by atoms with Crippen LogP contribution in [0.1, 0.15) is 6.92 Å². The number of hydrogen-bond acceptors (Lipinski definition) is 5. The van der Waals surface area contributed by atoms with E-state index in [1.54, 1.807) is 18.2 Å². The highest BCUT2D eigenvalue weighted by Gasteiger charge is 2.13. The predicted molar refractivity (Wildman–Crippen MR) is 98.3 cm³/mol. The highest BCUT2D eigenvalue weighted by atomic mass is 35.5. The minimum absolute atomic E-state index is 0.112. The van der Waals surface area contributed by atoms with Gasteiger partial charge in [-0.1, -0.05) is 11.6 Å². The molecule has 0 aliphatic rings. The minimum atomic E-state index is -0.112. The molecule has 2 aromatic heterocycles. The van der Waals surface area contributed by atoms with Crippen LogP contribution in [0, 0.1) is 0 Å². The van der Waals surface area contributed by atoms with E-state index in [1.807, 2.05) is 24.3 Å². The van der Waals surface area contributed by atoms with Crippen molar-refractivity contribution >= 4 is 56.8 Å². The second-order valence-electron chi connectivity index (χ2n) is 5.53. The molecule has 25 heavy (non-hydrogen) atoms. The van der Waals surface area contributed by atoms with Gasteiger partial charge in [0, 0.05) is 28.7 Å². The fraction of sp³-hybridized carbons (Fsp3) is 0.0556. The zero-order valence-electron chi connectivity index (χ0n) is 13.2. The van der Waals surface area contributed by atoms with Crippen molar-refractivity contribution in [1.29, 1.82) is 0 Å². The summed E-state index contributed by atoms with van der Waals surface area (Å²) >= 11 is 6.07. The number of halogens is 1. The molecule has 0 saturated heterocycles. The van der Waals surface area contributed by atoms with Crippen LogP contribution in [0.5, 0.6) is 0 Å². The summed E-state index contributed by atoms with van der Waals surface area (Å²) in [7, 11) is 0. The van der Waals surface area contributed by atoms with Crippen molar-refractivity contribution in [3.63, 3.8) is 0 Å². The number of nitrogens with one attached hydrogen (secondary N) is 2. The number of fused-ring (bicyclic) bond motifs is 3. The number of rotatable bonds is 3. The number of furan rings is 1. The van der Waals surface area contributed by atoms with E-state index in [9.17, 15) is 4.79 Å². The van der Waals surface area contributed by atoms with Gasteiger partial charge in [0.1, 0.15) is 17.4 Å². The highest BCUT2D eigenvalue weighted by Crippen LogP contribution is 2.33. The Bertz CT molecular complexity index is 1090. The number of nitrogens with zero attached hydrogens (tertiary/aromatic N) is 2. The van der Waals surface area contributed by atoms with Gasteiger partial charge in [-0.2, -0.15) is 0 Å². The average Bonchev–Trinajstić information content (AvgIpc) is 2.95. The third kappa shape index (κ3) is 2.99. The lowest BCUT2D eigenvalue weighted by Crippen LogP contribution is -2.05. The number of aromatic nitrogens is 2. The molecule has 0 aliphatic heterocycles. The summed E-state index contributed by atoms with van der Waals surface area (Å²) in [5.74, 6) is 0.448. The SMILES string of the molecule is CC(=O)Nc1ccc(Nc2ncnc3c2oc2ccc(Cl)cc23)cc1. The van der Waals surface area contributed by atoms with Crippen molar-refractivity contribution in [3.05, 3.63) is 53.8 Å². The van der Waals surface area contributed by atoms with Gasteiger partial charge in [-0.25, -0.2) is 9.97 Å². The molecule has 4 rings (SSSR count). The second-order valence-corrected chi connectivity index (χ2v) is 5.96. The third-order valence-corrected chi connectivity index (χ3v) is 3.92. The Kier molecular flexibility index (Phi) is 3.74. The van der Waals surface area contributed by atoms with Crippen LogP contribution >= 0.6 is 11.6 Å². The molecule has 0 fully saturated rings. The summed E-state index contributed by atoms with van der Waals surface area (Å²) in [6, 6.07) is 12.7. The fourth-order valence-electron chi connectivity index (χ4n) is 2.61. The average molecular weight is 353 g/mol. The number of carbonyl (C=O) groups is 1. The Labute approximate surface area is 147 Å². The number of amides is 1. The molecule has 2 N–H and O–H groups in total. The van der Waals surface area contributed by atoms with Crippen LogP contribution < -0.4 is 10.6 Å². The smallest absolute Gasteiger partial charge is 0.221 e. The Balaban J connectivity index is 1.72. The van der Waals surface area contributed by atoms with Crippen LogP contribution in [0.3, 0.4) is 0 Å². The van der Waals surface area contributed by atoms with E-state index in [0.29, 0.717) is 27.5 Å². The molecular formula is C18H13ClN4O2. The van der Waals surface area contributed by atoms with Crippen molar-refractivity contribution in [3.8, 4) is 0 Å². The van der Waals surface area contributed by atoms with Gasteiger partial charge in [0.25, 0.3) is 0 Å². The Morgan fingerprint density at radius 3 is 2.60 bits per heavy atom. The fourth-order valence-corrected chi connectivity index (χ4v) is 2.79. The summed E-state index contributed by atoms with van der Waals surface area (Å²) in [4.78, 5) is 19.7. The third-order valence-electron chi connectivity index (χ3n) is 3.68. The maximum Gasteiger partial charge on any atom is 0.221 e. The van der Waals surface area contributed by atoms with Gasteiger partial charge in [-0.15, -0.1) is 0 Å². The molecule has 7 heteroatoms. The van der Waals surface area contributed by atoms with Gasteiger partial charge >= 0.3 is 0 Å². The monoisotopic (exact) mass is 352 g/mol. The maximum atomic E-state index is 11.1. The molecule has 124 valence electrons. The lowest BCUT2D eigenvalue weighted by atomic mass is 10.2. The summed E-state index contributed by atoms with van der Waals surface area (Å²) < 4.78 is 5.88. The second kappa shape index (κ2) is 6.07. The van der Waals surface area contributed by atoms with Crippen LogP contribution in [0.15, 0.2) is 53.2 Å².